The summed E-state index contributed by atoms with van der Waals surface area (Å²) in [6, 6.07) is 7.22. The average Bonchev–Trinajstić information content (AvgIpc) is 2.45. The van der Waals surface area contributed by atoms with E-state index in [1.54, 1.807) is 17.0 Å². The molecule has 1 aromatic carbocycles. The predicted molar refractivity (Wildman–Crippen MR) is 74.9 cm³/mol. The van der Waals surface area contributed by atoms with Gasteiger partial charge < -0.3 is 10.6 Å². The van der Waals surface area contributed by atoms with E-state index in [9.17, 15) is 13.2 Å². The van der Waals surface area contributed by atoms with E-state index in [4.69, 9.17) is 5.73 Å². The third kappa shape index (κ3) is 2.72. The molecule has 3 rings (SSSR count). The number of piperidine rings is 1. The van der Waals surface area contributed by atoms with Gasteiger partial charge in [-0.25, -0.2) is 4.98 Å². The average molecular weight is 296 g/mol. The Morgan fingerprint density at radius 3 is 2.71 bits per heavy atom. The van der Waals surface area contributed by atoms with Gasteiger partial charge in [0.1, 0.15) is 5.82 Å². The maximum Gasteiger partial charge on any atom is 0.393 e. The lowest BCUT2D eigenvalue weighted by atomic mass is 9.97. The van der Waals surface area contributed by atoms with Crippen molar-refractivity contribution in [1.29, 1.82) is 0 Å². The third-order valence-electron chi connectivity index (χ3n) is 3.78. The van der Waals surface area contributed by atoms with Crippen molar-refractivity contribution in [3.8, 4) is 0 Å². The van der Waals surface area contributed by atoms with Crippen LogP contribution in [0.3, 0.4) is 0 Å². The van der Waals surface area contributed by atoms with Crippen LogP contribution >= 0.6 is 0 Å². The minimum atomic E-state index is -4.17. The lowest BCUT2D eigenvalue weighted by molar-refractivity contribution is -0.176. The van der Waals surface area contributed by atoms with Crippen LogP contribution < -0.4 is 10.6 Å². The summed E-state index contributed by atoms with van der Waals surface area (Å²) < 4.78 is 38.8. The van der Waals surface area contributed by atoms with E-state index < -0.39 is 12.1 Å². The quantitative estimate of drug-likeness (QED) is 0.879. The van der Waals surface area contributed by atoms with Crippen molar-refractivity contribution in [2.45, 2.75) is 19.0 Å². The predicted octanol–water partition coefficient (Wildman–Crippen LogP) is 2.99. The summed E-state index contributed by atoms with van der Waals surface area (Å²) in [5, 5.41) is 0.731. The van der Waals surface area contributed by atoms with Gasteiger partial charge in [-0.15, -0.1) is 0 Å². The van der Waals surface area contributed by atoms with Gasteiger partial charge in [0.25, 0.3) is 0 Å². The van der Waals surface area contributed by atoms with Crippen LogP contribution in [-0.2, 0) is 0 Å². The highest BCUT2D eigenvalue weighted by Crippen LogP contribution is 2.36. The number of anilines is 2. The SMILES string of the molecule is Nc1nc(N2CCCC(C(F)(F)F)C2)c2ccccc2n1. The van der Waals surface area contributed by atoms with Gasteiger partial charge in [-0.2, -0.15) is 18.2 Å². The van der Waals surface area contributed by atoms with Crippen LogP contribution in [0.5, 0.6) is 0 Å². The summed E-state index contributed by atoms with van der Waals surface area (Å²) in [4.78, 5) is 9.95. The van der Waals surface area contributed by atoms with Crippen LogP contribution in [0.25, 0.3) is 10.9 Å². The molecule has 21 heavy (non-hydrogen) atoms. The maximum absolute atomic E-state index is 12.9. The fraction of sp³-hybridized carbons (Fsp3) is 0.429. The van der Waals surface area contributed by atoms with Gasteiger partial charge in [0.15, 0.2) is 0 Å². The second-order valence-corrected chi connectivity index (χ2v) is 5.25. The lowest BCUT2D eigenvalue weighted by Gasteiger charge is -2.35. The number of benzene rings is 1. The standard InChI is InChI=1S/C14H15F3N4/c15-14(16,17)9-4-3-7-21(8-9)12-10-5-1-2-6-11(10)19-13(18)20-12/h1-2,5-6,9H,3-4,7-8H2,(H2,18,19,20). The maximum atomic E-state index is 12.9. The fourth-order valence-corrected chi connectivity index (χ4v) is 2.76. The summed E-state index contributed by atoms with van der Waals surface area (Å²) in [7, 11) is 0. The number of aromatic nitrogens is 2. The Labute approximate surface area is 119 Å². The van der Waals surface area contributed by atoms with Crippen LogP contribution in [0.1, 0.15) is 12.8 Å². The summed E-state index contributed by atoms with van der Waals surface area (Å²) >= 11 is 0. The molecule has 0 amide bonds. The minimum Gasteiger partial charge on any atom is -0.368 e. The second kappa shape index (κ2) is 5.05. The van der Waals surface area contributed by atoms with E-state index in [2.05, 4.69) is 9.97 Å². The molecule has 4 nitrogen and oxygen atoms in total. The Balaban J connectivity index is 2.00. The van der Waals surface area contributed by atoms with Crippen LogP contribution in [0.2, 0.25) is 0 Å². The third-order valence-corrected chi connectivity index (χ3v) is 3.78. The summed E-state index contributed by atoms with van der Waals surface area (Å²) in [6.45, 7) is 0.469. The zero-order valence-electron chi connectivity index (χ0n) is 11.3. The molecule has 7 heteroatoms. The van der Waals surface area contributed by atoms with Crippen molar-refractivity contribution < 1.29 is 13.2 Å². The molecular formula is C14H15F3N4. The van der Waals surface area contributed by atoms with Crippen molar-refractivity contribution in [1.82, 2.24) is 9.97 Å². The molecule has 0 spiro atoms. The number of para-hydroxylation sites is 1. The molecule has 0 radical (unpaired) electrons. The van der Waals surface area contributed by atoms with Crippen LogP contribution in [0.15, 0.2) is 24.3 Å². The number of hydrogen-bond acceptors (Lipinski definition) is 4. The van der Waals surface area contributed by atoms with E-state index in [0.29, 0.717) is 24.3 Å². The Kier molecular flexibility index (Phi) is 3.35. The van der Waals surface area contributed by atoms with Crippen LogP contribution in [-0.4, -0.2) is 29.2 Å². The molecule has 0 bridgehead atoms. The van der Waals surface area contributed by atoms with E-state index in [1.807, 2.05) is 12.1 Å². The monoisotopic (exact) mass is 296 g/mol. The molecule has 1 atom stereocenters. The van der Waals surface area contributed by atoms with Crippen molar-refractivity contribution in [2.75, 3.05) is 23.7 Å². The molecule has 1 aliphatic rings. The first-order chi connectivity index (χ1) is 9.95. The van der Waals surface area contributed by atoms with Gasteiger partial charge in [-0.05, 0) is 25.0 Å². The summed E-state index contributed by atoms with van der Waals surface area (Å²) in [5.41, 5.74) is 6.33. The number of nitrogen functional groups attached to an aromatic ring is 1. The van der Waals surface area contributed by atoms with Crippen molar-refractivity contribution in [3.63, 3.8) is 0 Å². The number of alkyl halides is 3. The van der Waals surface area contributed by atoms with E-state index >= 15 is 0 Å². The Hall–Kier alpha value is -2.05. The minimum absolute atomic E-state index is 0.0794. The molecule has 1 unspecified atom stereocenters. The van der Waals surface area contributed by atoms with Crippen LogP contribution in [0.4, 0.5) is 24.9 Å². The molecule has 1 aromatic heterocycles. The van der Waals surface area contributed by atoms with E-state index in [-0.39, 0.29) is 18.9 Å². The van der Waals surface area contributed by atoms with Gasteiger partial charge in [0.05, 0.1) is 11.4 Å². The first-order valence-corrected chi connectivity index (χ1v) is 6.79. The summed E-state index contributed by atoms with van der Waals surface area (Å²) in [5.74, 6) is -0.744. The van der Waals surface area contributed by atoms with Crippen LogP contribution in [0, 0.1) is 5.92 Å². The molecule has 2 N–H and O–H groups in total. The van der Waals surface area contributed by atoms with Crippen molar-refractivity contribution >= 4 is 22.7 Å². The zero-order chi connectivity index (χ0) is 15.0. The molecule has 112 valence electrons. The van der Waals surface area contributed by atoms with Gasteiger partial charge in [-0.3, -0.25) is 0 Å². The molecule has 1 aliphatic heterocycles. The highest BCUT2D eigenvalue weighted by molar-refractivity contribution is 5.90. The molecule has 2 aromatic rings. The lowest BCUT2D eigenvalue weighted by Crippen LogP contribution is -2.42. The topological polar surface area (TPSA) is 55.0 Å². The number of rotatable bonds is 1. The number of halogens is 3. The van der Waals surface area contributed by atoms with Gasteiger partial charge in [0, 0.05) is 18.5 Å². The Morgan fingerprint density at radius 2 is 1.95 bits per heavy atom. The normalized spacial score (nSPS) is 20.0. The number of nitrogens with two attached hydrogens (primary N) is 1. The highest BCUT2D eigenvalue weighted by Gasteiger charge is 2.42. The molecular weight excluding hydrogens is 281 g/mol. The molecule has 1 saturated heterocycles. The molecule has 0 saturated carbocycles. The number of nitrogens with zero attached hydrogens (tertiary/aromatic N) is 3. The van der Waals surface area contributed by atoms with Gasteiger partial charge in [0.2, 0.25) is 5.95 Å². The van der Waals surface area contributed by atoms with Gasteiger partial charge in [-0.1, -0.05) is 12.1 Å². The fourth-order valence-electron chi connectivity index (χ4n) is 2.76. The Bertz CT molecular complexity index is 656. The molecule has 0 aliphatic carbocycles. The zero-order valence-corrected chi connectivity index (χ0v) is 11.3. The van der Waals surface area contributed by atoms with Crippen molar-refractivity contribution in [2.24, 2.45) is 5.92 Å². The smallest absolute Gasteiger partial charge is 0.368 e. The van der Waals surface area contributed by atoms with E-state index in [0.717, 1.165) is 5.39 Å². The first kappa shape index (κ1) is 13.9. The Morgan fingerprint density at radius 1 is 1.19 bits per heavy atom. The second-order valence-electron chi connectivity index (χ2n) is 5.25. The number of hydrogen-bond donors (Lipinski definition) is 1. The number of fused-ring (bicyclic) bond motifs is 1. The van der Waals surface area contributed by atoms with Crippen molar-refractivity contribution in [3.05, 3.63) is 24.3 Å². The van der Waals surface area contributed by atoms with Gasteiger partial charge >= 0.3 is 6.18 Å². The van der Waals surface area contributed by atoms with E-state index in [1.165, 1.54) is 0 Å². The molecule has 1 fully saturated rings. The highest BCUT2D eigenvalue weighted by atomic mass is 19.4. The first-order valence-electron chi connectivity index (χ1n) is 6.79. The largest absolute Gasteiger partial charge is 0.393 e. The molecule has 2 heterocycles. The summed E-state index contributed by atoms with van der Waals surface area (Å²) in [6.07, 6.45) is -3.52.